The Morgan fingerprint density at radius 2 is 0.818 bits per heavy atom. The van der Waals surface area contributed by atoms with Gasteiger partial charge in [-0.1, -0.05) is 65.2 Å². The summed E-state index contributed by atoms with van der Waals surface area (Å²) in [4.78, 5) is 0. The predicted octanol–water partition coefficient (Wildman–Crippen LogP) is 3.77. The van der Waals surface area contributed by atoms with E-state index < -0.39 is 0 Å². The minimum absolute atomic E-state index is 0. The van der Waals surface area contributed by atoms with Gasteiger partial charge in [0.05, 0.1) is 0 Å². The average Bonchev–Trinajstić information content (AvgIpc) is 1.97. The largest absolute Gasteiger partial charge is 0.0654 e. The van der Waals surface area contributed by atoms with E-state index >= 15 is 0 Å². The van der Waals surface area contributed by atoms with Crippen molar-refractivity contribution in [1.82, 2.24) is 0 Å². The minimum Gasteiger partial charge on any atom is -0.0654 e. The fourth-order valence-electron chi connectivity index (χ4n) is 1.21. The van der Waals surface area contributed by atoms with Crippen LogP contribution >= 0.6 is 0 Å². The molecule has 0 saturated carbocycles. The zero-order valence-corrected chi connectivity index (χ0v) is 10.6. The van der Waals surface area contributed by atoms with Crippen LogP contribution in [-0.4, -0.2) is 37.7 Å². The average molecular weight is 182 g/mol. The van der Waals surface area contributed by atoms with Gasteiger partial charge >= 0.3 is 0 Å². The van der Waals surface area contributed by atoms with Gasteiger partial charge < -0.3 is 0 Å². The Balaban J connectivity index is 0. The molecule has 0 fully saturated rings. The van der Waals surface area contributed by atoms with E-state index in [-0.39, 0.29) is 37.7 Å². The summed E-state index contributed by atoms with van der Waals surface area (Å²) in [7, 11) is 0. The molecular formula is C10H22Ca. The van der Waals surface area contributed by atoms with Gasteiger partial charge in [0.1, 0.15) is 0 Å². The summed E-state index contributed by atoms with van der Waals surface area (Å²) in [5, 5.41) is 0. The number of unbranched alkanes of at least 4 members (excludes halogenated alkanes) is 7. The summed E-state index contributed by atoms with van der Waals surface area (Å²) in [5.74, 6) is 0. The first-order valence-electron chi connectivity index (χ1n) is 4.91. The molecule has 0 nitrogen and oxygen atoms in total. The molecule has 0 unspecified atom stereocenters. The fraction of sp³-hybridized carbons (Fsp3) is 1.00. The quantitative estimate of drug-likeness (QED) is 0.415. The van der Waals surface area contributed by atoms with E-state index in [1.165, 1.54) is 51.4 Å². The molecule has 0 aromatic heterocycles. The van der Waals surface area contributed by atoms with Gasteiger partial charge in [-0.3, -0.25) is 0 Å². The molecule has 0 aliphatic rings. The Morgan fingerprint density at radius 3 is 1.09 bits per heavy atom. The van der Waals surface area contributed by atoms with Crippen LogP contribution in [0.15, 0.2) is 0 Å². The van der Waals surface area contributed by atoms with Crippen LogP contribution in [0.5, 0.6) is 0 Å². The summed E-state index contributed by atoms with van der Waals surface area (Å²) < 4.78 is 0. The molecule has 0 bridgehead atoms. The van der Waals surface area contributed by atoms with Gasteiger partial charge in [0.15, 0.2) is 0 Å². The van der Waals surface area contributed by atoms with Crippen LogP contribution in [0.25, 0.3) is 0 Å². The molecule has 0 amide bonds. The summed E-state index contributed by atoms with van der Waals surface area (Å²) in [6, 6.07) is 0. The van der Waals surface area contributed by atoms with Gasteiger partial charge in [-0.25, -0.2) is 0 Å². The summed E-state index contributed by atoms with van der Waals surface area (Å²) >= 11 is 0. The molecule has 0 rings (SSSR count). The van der Waals surface area contributed by atoms with Crippen molar-refractivity contribution in [2.45, 2.75) is 65.2 Å². The normalized spacial score (nSPS) is 9.27. The molecular weight excluding hydrogens is 160 g/mol. The van der Waals surface area contributed by atoms with Crippen LogP contribution in [0, 0.1) is 0 Å². The fourth-order valence-corrected chi connectivity index (χ4v) is 1.21. The third kappa shape index (κ3) is 14.2. The van der Waals surface area contributed by atoms with Crippen molar-refractivity contribution < 1.29 is 0 Å². The second-order valence-electron chi connectivity index (χ2n) is 3.12. The van der Waals surface area contributed by atoms with Crippen molar-refractivity contribution in [3.05, 3.63) is 0 Å². The molecule has 11 heavy (non-hydrogen) atoms. The van der Waals surface area contributed by atoms with Gasteiger partial charge in [-0.05, 0) is 0 Å². The van der Waals surface area contributed by atoms with E-state index in [2.05, 4.69) is 13.8 Å². The molecule has 0 aromatic rings. The minimum atomic E-state index is 0. The molecule has 0 aromatic carbocycles. The molecule has 2 radical (unpaired) electrons. The Kier molecular flexibility index (Phi) is 18.6. The molecule has 0 saturated heterocycles. The van der Waals surface area contributed by atoms with Crippen molar-refractivity contribution in [2.24, 2.45) is 0 Å². The number of rotatable bonds is 7. The van der Waals surface area contributed by atoms with Crippen molar-refractivity contribution >= 4 is 37.7 Å². The second-order valence-corrected chi connectivity index (χ2v) is 3.12. The van der Waals surface area contributed by atoms with Gasteiger partial charge in [0.2, 0.25) is 0 Å². The Labute approximate surface area is 102 Å². The number of hydrogen-bond acceptors (Lipinski definition) is 0. The zero-order chi connectivity index (χ0) is 7.66. The van der Waals surface area contributed by atoms with Crippen molar-refractivity contribution in [1.29, 1.82) is 0 Å². The van der Waals surface area contributed by atoms with E-state index in [1.54, 1.807) is 0 Å². The van der Waals surface area contributed by atoms with Gasteiger partial charge in [0, 0.05) is 37.7 Å². The first-order valence-corrected chi connectivity index (χ1v) is 4.91. The summed E-state index contributed by atoms with van der Waals surface area (Å²) in [6.45, 7) is 4.54. The monoisotopic (exact) mass is 182 g/mol. The van der Waals surface area contributed by atoms with Gasteiger partial charge in [-0.2, -0.15) is 0 Å². The van der Waals surface area contributed by atoms with E-state index in [1.807, 2.05) is 0 Å². The third-order valence-electron chi connectivity index (χ3n) is 1.96. The zero-order valence-electron chi connectivity index (χ0n) is 8.36. The van der Waals surface area contributed by atoms with Crippen molar-refractivity contribution in [3.63, 3.8) is 0 Å². The molecule has 0 atom stereocenters. The Hall–Kier alpha value is 1.26. The van der Waals surface area contributed by atoms with E-state index in [0.717, 1.165) is 0 Å². The molecule has 0 spiro atoms. The van der Waals surface area contributed by atoms with Crippen molar-refractivity contribution in [3.8, 4) is 0 Å². The molecule has 0 aliphatic carbocycles. The SMILES string of the molecule is CCCCCCCCCC.[Ca]. The number of hydrogen-bond donors (Lipinski definition) is 0. The van der Waals surface area contributed by atoms with Crippen LogP contribution in [-0.2, 0) is 0 Å². The maximum Gasteiger partial charge on any atom is 0 e. The maximum absolute atomic E-state index is 2.27. The van der Waals surface area contributed by atoms with E-state index in [4.69, 9.17) is 0 Å². The van der Waals surface area contributed by atoms with Crippen LogP contribution in [0.1, 0.15) is 65.2 Å². The maximum atomic E-state index is 2.27. The second kappa shape index (κ2) is 13.8. The third-order valence-corrected chi connectivity index (χ3v) is 1.96. The van der Waals surface area contributed by atoms with Crippen molar-refractivity contribution in [2.75, 3.05) is 0 Å². The van der Waals surface area contributed by atoms with Crippen LogP contribution < -0.4 is 0 Å². The Morgan fingerprint density at radius 1 is 0.545 bits per heavy atom. The predicted molar refractivity (Wildman–Crippen MR) is 54.0 cm³/mol. The Bertz CT molecular complexity index is 44.8. The first-order chi connectivity index (χ1) is 4.91. The standard InChI is InChI=1S/C10H22.Ca/c1-3-5-7-9-10-8-6-4-2;/h3-10H2,1-2H3;. The van der Waals surface area contributed by atoms with Gasteiger partial charge in [-0.15, -0.1) is 0 Å². The van der Waals surface area contributed by atoms with E-state index in [9.17, 15) is 0 Å². The molecule has 0 heterocycles. The molecule has 1 heteroatoms. The first kappa shape index (κ1) is 14.8. The van der Waals surface area contributed by atoms with Crippen LogP contribution in [0.3, 0.4) is 0 Å². The summed E-state index contributed by atoms with van der Waals surface area (Å²) in [5.41, 5.74) is 0. The topological polar surface area (TPSA) is 0 Å². The summed E-state index contributed by atoms with van der Waals surface area (Å²) in [6.07, 6.45) is 11.5. The molecule has 64 valence electrons. The van der Waals surface area contributed by atoms with Crippen LogP contribution in [0.2, 0.25) is 0 Å². The smallest absolute Gasteiger partial charge is 0 e. The van der Waals surface area contributed by atoms with Gasteiger partial charge in [0.25, 0.3) is 0 Å². The van der Waals surface area contributed by atoms with E-state index in [0.29, 0.717) is 0 Å². The molecule has 0 aliphatic heterocycles. The molecule has 0 N–H and O–H groups in total. The van der Waals surface area contributed by atoms with Crippen LogP contribution in [0.4, 0.5) is 0 Å².